The normalized spacial score (nSPS) is 23.8. The molecule has 0 amide bonds. The molecule has 0 aliphatic carbocycles. The number of cyclic esters (lactones) is 1. The molecule has 0 saturated carbocycles. The average molecular weight is 219 g/mol. The third-order valence-electron chi connectivity index (χ3n) is 3.14. The number of carbonyl (C=O) groups is 1. The number of benzene rings is 1. The van der Waals surface area contributed by atoms with Crippen LogP contribution in [0, 0.1) is 0 Å². The van der Waals surface area contributed by atoms with Crippen molar-refractivity contribution < 1.29 is 9.53 Å². The Kier molecular flexibility index (Phi) is 2.72. The lowest BCUT2D eigenvalue weighted by molar-refractivity contribution is -0.0110. The molecular weight excluding hydrogens is 202 g/mol. The summed E-state index contributed by atoms with van der Waals surface area (Å²) < 4.78 is 5.39. The zero-order chi connectivity index (χ0) is 11.8. The molecule has 1 atom stereocenters. The van der Waals surface area contributed by atoms with Gasteiger partial charge in [-0.05, 0) is 30.5 Å². The van der Waals surface area contributed by atoms with Crippen molar-refractivity contribution in [1.82, 2.24) is 0 Å². The van der Waals surface area contributed by atoms with Crippen LogP contribution in [-0.4, -0.2) is 18.1 Å². The first-order chi connectivity index (χ1) is 7.58. The molecule has 0 bridgehead atoms. The van der Waals surface area contributed by atoms with Crippen molar-refractivity contribution in [2.45, 2.75) is 32.3 Å². The Morgan fingerprint density at radius 1 is 1.50 bits per heavy atom. The summed E-state index contributed by atoms with van der Waals surface area (Å²) in [6, 6.07) is 6.00. The first-order valence-electron chi connectivity index (χ1n) is 5.63. The molecule has 1 aromatic rings. The second-order valence-electron chi connectivity index (χ2n) is 4.57. The van der Waals surface area contributed by atoms with Crippen LogP contribution in [0.4, 0.5) is 0 Å². The zero-order valence-electron chi connectivity index (χ0n) is 9.75. The lowest BCUT2D eigenvalue weighted by Crippen LogP contribution is -2.45. The van der Waals surface area contributed by atoms with Gasteiger partial charge in [0.1, 0.15) is 5.60 Å². The summed E-state index contributed by atoms with van der Waals surface area (Å²) in [6.45, 7) is 4.30. The van der Waals surface area contributed by atoms with Crippen LogP contribution in [0.1, 0.15) is 35.3 Å². The summed E-state index contributed by atoms with van der Waals surface area (Å²) in [4.78, 5) is 11.9. The number of nitrogens with two attached hydrogens (primary N) is 1. The predicted molar refractivity (Wildman–Crippen MR) is 62.4 cm³/mol. The number of ether oxygens (including phenoxy) is 1. The molecule has 86 valence electrons. The van der Waals surface area contributed by atoms with E-state index in [4.69, 9.17) is 10.5 Å². The average Bonchev–Trinajstić information content (AvgIpc) is 2.28. The predicted octanol–water partition coefficient (Wildman–Crippen LogP) is 1.68. The third kappa shape index (κ3) is 1.83. The Morgan fingerprint density at radius 2 is 2.25 bits per heavy atom. The van der Waals surface area contributed by atoms with E-state index in [1.165, 1.54) is 0 Å². The minimum absolute atomic E-state index is 0.246. The quantitative estimate of drug-likeness (QED) is 0.770. The van der Waals surface area contributed by atoms with Gasteiger partial charge < -0.3 is 10.5 Å². The number of hydrogen-bond acceptors (Lipinski definition) is 3. The summed E-state index contributed by atoms with van der Waals surface area (Å²) in [5, 5.41) is 0. The molecular formula is C13H17NO2. The van der Waals surface area contributed by atoms with E-state index in [1.807, 2.05) is 19.1 Å². The van der Waals surface area contributed by atoms with Gasteiger partial charge in [-0.25, -0.2) is 4.79 Å². The van der Waals surface area contributed by atoms with Crippen molar-refractivity contribution >= 4 is 5.97 Å². The first kappa shape index (κ1) is 11.1. The highest BCUT2D eigenvalue weighted by atomic mass is 16.6. The summed E-state index contributed by atoms with van der Waals surface area (Å²) in [7, 11) is 0. The van der Waals surface area contributed by atoms with Crippen molar-refractivity contribution in [1.29, 1.82) is 0 Å². The van der Waals surface area contributed by atoms with Gasteiger partial charge in [0, 0.05) is 13.0 Å². The van der Waals surface area contributed by atoms with Crippen LogP contribution in [0.5, 0.6) is 0 Å². The second kappa shape index (κ2) is 3.91. The van der Waals surface area contributed by atoms with E-state index in [0.717, 1.165) is 17.5 Å². The summed E-state index contributed by atoms with van der Waals surface area (Å²) in [5.74, 6) is -0.246. The highest BCUT2D eigenvalue weighted by molar-refractivity contribution is 5.92. The monoisotopic (exact) mass is 219 g/mol. The molecule has 1 aromatic carbocycles. The molecule has 16 heavy (non-hydrogen) atoms. The fraction of sp³-hybridized carbons (Fsp3) is 0.462. The maximum Gasteiger partial charge on any atom is 0.339 e. The van der Waals surface area contributed by atoms with Crippen LogP contribution >= 0.6 is 0 Å². The molecule has 1 heterocycles. The third-order valence-corrected chi connectivity index (χ3v) is 3.14. The van der Waals surface area contributed by atoms with E-state index in [9.17, 15) is 4.79 Å². The van der Waals surface area contributed by atoms with Gasteiger partial charge in [-0.15, -0.1) is 0 Å². The molecule has 0 saturated heterocycles. The molecule has 0 radical (unpaired) electrons. The molecule has 3 heteroatoms. The summed E-state index contributed by atoms with van der Waals surface area (Å²) >= 11 is 0. The molecule has 0 aromatic heterocycles. The van der Waals surface area contributed by atoms with Gasteiger partial charge in [0.05, 0.1) is 5.56 Å². The van der Waals surface area contributed by atoms with Crippen molar-refractivity contribution in [3.8, 4) is 0 Å². The van der Waals surface area contributed by atoms with E-state index in [-0.39, 0.29) is 5.97 Å². The van der Waals surface area contributed by atoms with Gasteiger partial charge in [-0.2, -0.15) is 0 Å². The highest BCUT2D eigenvalue weighted by Crippen LogP contribution is 2.28. The number of carbonyl (C=O) groups excluding carboxylic acids is 1. The summed E-state index contributed by atoms with van der Waals surface area (Å²) in [5.41, 5.74) is 7.99. The Morgan fingerprint density at radius 3 is 2.88 bits per heavy atom. The van der Waals surface area contributed by atoms with Gasteiger partial charge in [-0.3, -0.25) is 0 Å². The lowest BCUT2D eigenvalue weighted by Gasteiger charge is -2.33. The van der Waals surface area contributed by atoms with E-state index < -0.39 is 5.60 Å². The Labute approximate surface area is 95.6 Å². The number of fused-ring (bicyclic) bond motifs is 1. The topological polar surface area (TPSA) is 52.3 Å². The Hall–Kier alpha value is -1.35. The Balaban J connectivity index is 2.42. The minimum atomic E-state index is -0.544. The fourth-order valence-corrected chi connectivity index (χ4v) is 2.02. The van der Waals surface area contributed by atoms with Crippen LogP contribution in [-0.2, 0) is 17.6 Å². The van der Waals surface area contributed by atoms with Crippen molar-refractivity contribution in [2.75, 3.05) is 6.54 Å². The standard InChI is InChI=1S/C13H17NO2/c1-3-9-4-5-10-7-13(2,8-14)16-12(15)11(10)6-9/h4-6H,3,7-8,14H2,1-2H3. The highest BCUT2D eigenvalue weighted by Gasteiger charge is 2.35. The van der Waals surface area contributed by atoms with Gasteiger partial charge in [0.15, 0.2) is 0 Å². The lowest BCUT2D eigenvalue weighted by atomic mass is 9.89. The fourth-order valence-electron chi connectivity index (χ4n) is 2.02. The number of aryl methyl sites for hydroxylation is 1. The van der Waals surface area contributed by atoms with E-state index in [1.54, 1.807) is 0 Å². The number of esters is 1. The van der Waals surface area contributed by atoms with E-state index in [2.05, 4.69) is 13.0 Å². The molecule has 1 unspecified atom stereocenters. The first-order valence-corrected chi connectivity index (χ1v) is 5.63. The van der Waals surface area contributed by atoms with E-state index in [0.29, 0.717) is 18.5 Å². The van der Waals surface area contributed by atoms with Crippen molar-refractivity contribution in [2.24, 2.45) is 5.73 Å². The number of hydrogen-bond donors (Lipinski definition) is 1. The molecule has 2 rings (SSSR count). The molecule has 3 nitrogen and oxygen atoms in total. The maximum atomic E-state index is 11.9. The molecule has 1 aliphatic rings. The van der Waals surface area contributed by atoms with Crippen LogP contribution in [0.2, 0.25) is 0 Å². The molecule has 0 spiro atoms. The molecule has 2 N–H and O–H groups in total. The van der Waals surface area contributed by atoms with Crippen LogP contribution in [0.25, 0.3) is 0 Å². The van der Waals surface area contributed by atoms with Crippen LogP contribution in [0.3, 0.4) is 0 Å². The van der Waals surface area contributed by atoms with Crippen molar-refractivity contribution in [3.05, 3.63) is 34.9 Å². The van der Waals surface area contributed by atoms with Gasteiger partial charge in [0.2, 0.25) is 0 Å². The van der Waals surface area contributed by atoms with Gasteiger partial charge >= 0.3 is 5.97 Å². The zero-order valence-corrected chi connectivity index (χ0v) is 9.75. The SMILES string of the molecule is CCc1ccc2c(c1)C(=O)OC(C)(CN)C2. The molecule has 1 aliphatic heterocycles. The smallest absolute Gasteiger partial charge is 0.339 e. The van der Waals surface area contributed by atoms with E-state index >= 15 is 0 Å². The van der Waals surface area contributed by atoms with Crippen LogP contribution < -0.4 is 5.73 Å². The second-order valence-corrected chi connectivity index (χ2v) is 4.57. The molecule has 0 fully saturated rings. The maximum absolute atomic E-state index is 11.9. The minimum Gasteiger partial charge on any atom is -0.454 e. The van der Waals surface area contributed by atoms with Crippen LogP contribution in [0.15, 0.2) is 18.2 Å². The largest absolute Gasteiger partial charge is 0.454 e. The van der Waals surface area contributed by atoms with Crippen molar-refractivity contribution in [3.63, 3.8) is 0 Å². The summed E-state index contributed by atoms with van der Waals surface area (Å²) in [6.07, 6.45) is 1.63. The number of rotatable bonds is 2. The Bertz CT molecular complexity index is 428. The van der Waals surface area contributed by atoms with Gasteiger partial charge in [-0.1, -0.05) is 19.1 Å². The van der Waals surface area contributed by atoms with Gasteiger partial charge in [0.25, 0.3) is 0 Å².